The van der Waals surface area contributed by atoms with Crippen molar-refractivity contribution in [2.45, 2.75) is 82.9 Å². The molecular weight excluding hydrogens is 691 g/mol. The van der Waals surface area contributed by atoms with Crippen LogP contribution in [0, 0.1) is 18.3 Å². The fraction of sp³-hybridized carbons (Fsp3) is 0.417. The van der Waals surface area contributed by atoms with Gasteiger partial charge in [0.2, 0.25) is 10.0 Å². The van der Waals surface area contributed by atoms with Gasteiger partial charge in [0.05, 0.1) is 32.9 Å². The zero-order chi connectivity index (χ0) is 35.9. The van der Waals surface area contributed by atoms with Crippen LogP contribution in [0.15, 0.2) is 70.1 Å². The molecule has 2 aromatic carbocycles. The van der Waals surface area contributed by atoms with E-state index in [-0.39, 0.29) is 6.73 Å². The summed E-state index contributed by atoms with van der Waals surface area (Å²) in [5, 5.41) is 10.3. The van der Waals surface area contributed by atoms with Crippen LogP contribution in [0.4, 0.5) is 0 Å². The number of aryl methyl sites for hydroxylation is 1. The number of nitriles is 1. The quantitative estimate of drug-likeness (QED) is 0.0872. The largest absolute Gasteiger partial charge is 0.361 e. The molecule has 2 heterocycles. The molecular formula is C36H45N5O4S3Si. The lowest BCUT2D eigenvalue weighted by atomic mass is 10.0. The fourth-order valence-electron chi connectivity index (χ4n) is 5.63. The summed E-state index contributed by atoms with van der Waals surface area (Å²) in [6.45, 7) is 16.8. The van der Waals surface area contributed by atoms with Gasteiger partial charge in [-0.15, -0.1) is 11.8 Å². The first-order valence-electron chi connectivity index (χ1n) is 16.2. The second-order valence-corrected chi connectivity index (χ2v) is 25.5. The monoisotopic (exact) mass is 735 g/mol. The van der Waals surface area contributed by atoms with Gasteiger partial charge >= 0.3 is 0 Å². The maximum Gasteiger partial charge on any atom is 0.248 e. The Kier molecular flexibility index (Phi) is 10.4. The van der Waals surface area contributed by atoms with Gasteiger partial charge in [-0.2, -0.15) is 9.66 Å². The third kappa shape index (κ3) is 7.44. The zero-order valence-electron chi connectivity index (χ0n) is 29.7. The van der Waals surface area contributed by atoms with E-state index in [2.05, 4.69) is 25.7 Å². The van der Waals surface area contributed by atoms with Crippen molar-refractivity contribution in [2.75, 3.05) is 12.9 Å². The molecule has 0 spiro atoms. The molecule has 9 nitrogen and oxygen atoms in total. The van der Waals surface area contributed by atoms with Crippen molar-refractivity contribution in [1.82, 2.24) is 13.5 Å². The number of aromatic nitrogens is 3. The Morgan fingerprint density at radius 2 is 1.94 bits per heavy atom. The SMILES string of the molecule is CSC1=CC(C)(S(=O)(=O)n2ccc3c(C(=NS(=O)C(C)(C)C)c4nc5cc(C#N)ccc5n4COCC[Si](C)(C)C)ccc(C)c32)CC=C1. The Labute approximate surface area is 297 Å². The summed E-state index contributed by atoms with van der Waals surface area (Å²) in [4.78, 5) is 5.88. The van der Waals surface area contributed by atoms with E-state index in [0.29, 0.717) is 52.1 Å². The van der Waals surface area contributed by atoms with E-state index in [1.54, 1.807) is 31.3 Å². The molecule has 0 bridgehead atoms. The molecule has 2 atom stereocenters. The smallest absolute Gasteiger partial charge is 0.248 e. The summed E-state index contributed by atoms with van der Waals surface area (Å²) in [5.41, 5.74) is 4.04. The van der Waals surface area contributed by atoms with Crippen molar-refractivity contribution >= 4 is 68.5 Å². The second-order valence-electron chi connectivity index (χ2n) is 14.8. The van der Waals surface area contributed by atoms with Gasteiger partial charge in [-0.3, -0.25) is 4.57 Å². The zero-order valence-corrected chi connectivity index (χ0v) is 33.1. The lowest BCUT2D eigenvalue weighted by Crippen LogP contribution is -2.38. The molecule has 13 heteroatoms. The second kappa shape index (κ2) is 13.8. The van der Waals surface area contributed by atoms with Crippen LogP contribution in [0.3, 0.4) is 0 Å². The number of imidazole rings is 1. The Hall–Kier alpha value is -3.28. The van der Waals surface area contributed by atoms with Crippen LogP contribution >= 0.6 is 11.8 Å². The topological polar surface area (TPSA) is 119 Å². The minimum absolute atomic E-state index is 0.170. The average molecular weight is 736 g/mol. The molecule has 4 aromatic rings. The molecule has 2 aromatic heterocycles. The van der Waals surface area contributed by atoms with Crippen molar-refractivity contribution in [1.29, 1.82) is 5.26 Å². The van der Waals surface area contributed by atoms with E-state index < -0.39 is 38.6 Å². The number of ether oxygens (including phenoxy) is 1. The number of nitrogens with zero attached hydrogens (tertiary/aromatic N) is 5. The highest BCUT2D eigenvalue weighted by Crippen LogP contribution is 2.37. The van der Waals surface area contributed by atoms with Gasteiger partial charge in [0.15, 0.2) is 5.82 Å². The standard InChI is InChI=1S/C36H45N5O4S3Si/c1-25-12-14-28(29-16-18-41(33(25)29)48(43,44)36(5)17-10-11-27(22-36)46-6)32(39-47(42)35(2,3)4)34-38-30-21-26(23-37)13-15-31(30)40(34)24-45-19-20-49(7,8)9/h10-16,18,21-22H,17,19-20,24H2,1-9H3. The van der Waals surface area contributed by atoms with Crippen molar-refractivity contribution in [3.8, 4) is 6.07 Å². The average Bonchev–Trinajstić information content (AvgIpc) is 3.64. The molecule has 0 saturated heterocycles. The van der Waals surface area contributed by atoms with Crippen LogP contribution in [0.2, 0.25) is 25.7 Å². The predicted octanol–water partition coefficient (Wildman–Crippen LogP) is 7.93. The van der Waals surface area contributed by atoms with E-state index in [1.165, 1.54) is 15.7 Å². The molecule has 0 amide bonds. The number of benzene rings is 2. The Morgan fingerprint density at radius 3 is 2.59 bits per heavy atom. The summed E-state index contributed by atoms with van der Waals surface area (Å²) in [5.74, 6) is 0.424. The Morgan fingerprint density at radius 1 is 1.20 bits per heavy atom. The maximum atomic E-state index is 14.4. The number of allylic oxidation sites excluding steroid dienone is 2. The van der Waals surface area contributed by atoms with Gasteiger partial charge in [-0.05, 0) is 89.2 Å². The van der Waals surface area contributed by atoms with Crippen LogP contribution in [-0.4, -0.2) is 62.3 Å². The van der Waals surface area contributed by atoms with Crippen LogP contribution in [-0.2, 0) is 32.5 Å². The summed E-state index contributed by atoms with van der Waals surface area (Å²) in [7, 11) is -6.97. The number of fused-ring (bicyclic) bond motifs is 2. The van der Waals surface area contributed by atoms with E-state index in [0.717, 1.165) is 22.0 Å². The molecule has 0 fully saturated rings. The van der Waals surface area contributed by atoms with Gasteiger partial charge in [-0.25, -0.2) is 21.6 Å². The van der Waals surface area contributed by atoms with Crippen molar-refractivity contribution in [2.24, 2.45) is 4.40 Å². The summed E-state index contributed by atoms with van der Waals surface area (Å²) < 4.78 is 55.2. The van der Waals surface area contributed by atoms with E-state index in [4.69, 9.17) is 14.1 Å². The lowest BCUT2D eigenvalue weighted by Gasteiger charge is -2.29. The molecule has 0 radical (unpaired) electrons. The number of thioether (sulfide) groups is 1. The minimum atomic E-state index is -3.92. The third-order valence-corrected chi connectivity index (χ3v) is 14.7. The van der Waals surface area contributed by atoms with Crippen LogP contribution in [0.1, 0.15) is 56.6 Å². The molecule has 0 N–H and O–H groups in total. The fourth-order valence-corrected chi connectivity index (χ4v) is 9.42. The first kappa shape index (κ1) is 37.0. The third-order valence-electron chi connectivity index (χ3n) is 8.61. The normalized spacial score (nSPS) is 18.2. The summed E-state index contributed by atoms with van der Waals surface area (Å²) in [6, 6.07) is 14.0. The van der Waals surface area contributed by atoms with E-state index in [1.807, 2.05) is 74.9 Å². The molecule has 0 aliphatic heterocycles. The lowest BCUT2D eigenvalue weighted by molar-refractivity contribution is 0.0895. The van der Waals surface area contributed by atoms with E-state index in [9.17, 15) is 17.9 Å². The molecule has 1 aliphatic carbocycles. The first-order chi connectivity index (χ1) is 22.9. The molecule has 1 aliphatic rings. The minimum Gasteiger partial charge on any atom is -0.361 e. The number of hydrogen-bond acceptors (Lipinski definition) is 7. The van der Waals surface area contributed by atoms with Crippen molar-refractivity contribution in [3.05, 3.63) is 88.2 Å². The Bertz CT molecular complexity index is 2190. The van der Waals surface area contributed by atoms with Gasteiger partial charge in [0.1, 0.15) is 28.2 Å². The summed E-state index contributed by atoms with van der Waals surface area (Å²) in [6.07, 6.45) is 9.58. The molecule has 49 heavy (non-hydrogen) atoms. The maximum absolute atomic E-state index is 14.4. The Balaban J connectivity index is 1.75. The molecule has 2 unspecified atom stereocenters. The van der Waals surface area contributed by atoms with Crippen LogP contribution in [0.5, 0.6) is 0 Å². The molecule has 5 rings (SSSR count). The van der Waals surface area contributed by atoms with E-state index >= 15 is 0 Å². The highest BCUT2D eigenvalue weighted by atomic mass is 32.2. The van der Waals surface area contributed by atoms with Gasteiger partial charge in [-0.1, -0.05) is 43.9 Å². The van der Waals surface area contributed by atoms with Crippen LogP contribution < -0.4 is 0 Å². The summed E-state index contributed by atoms with van der Waals surface area (Å²) >= 11 is 1.51. The first-order valence-corrected chi connectivity index (χ1v) is 23.7. The van der Waals surface area contributed by atoms with Gasteiger partial charge in [0, 0.05) is 36.7 Å². The van der Waals surface area contributed by atoms with Gasteiger partial charge in [0.25, 0.3) is 0 Å². The predicted molar refractivity (Wildman–Crippen MR) is 207 cm³/mol. The van der Waals surface area contributed by atoms with Crippen molar-refractivity contribution in [3.63, 3.8) is 0 Å². The molecule has 260 valence electrons. The highest BCUT2D eigenvalue weighted by Gasteiger charge is 2.40. The highest BCUT2D eigenvalue weighted by molar-refractivity contribution is 8.02. The molecule has 0 saturated carbocycles. The van der Waals surface area contributed by atoms with Crippen LogP contribution in [0.25, 0.3) is 21.9 Å². The van der Waals surface area contributed by atoms with Crippen molar-refractivity contribution < 1.29 is 17.4 Å². The number of rotatable bonds is 11. The van der Waals surface area contributed by atoms with Gasteiger partial charge < -0.3 is 4.74 Å². The number of hydrogen-bond donors (Lipinski definition) is 0.